The van der Waals surface area contributed by atoms with Gasteiger partial charge in [0.2, 0.25) is 0 Å². The fraction of sp³-hybridized carbons (Fsp3) is 0.263. The second kappa shape index (κ2) is 8.19. The van der Waals surface area contributed by atoms with E-state index in [4.69, 9.17) is 16.2 Å². The molecular formula is C19H24N2O4. The number of phenolic OH excluding ortho intramolecular Hbond substituents is 1. The van der Waals surface area contributed by atoms with Gasteiger partial charge in [0.25, 0.3) is 0 Å². The van der Waals surface area contributed by atoms with Crippen LogP contribution in [0.25, 0.3) is 0 Å². The topological polar surface area (TPSA) is 116 Å². The van der Waals surface area contributed by atoms with Crippen molar-refractivity contribution in [2.24, 2.45) is 0 Å². The number of anilines is 2. The normalized spacial score (nSPS) is 9.80. The molecule has 6 heteroatoms. The van der Waals surface area contributed by atoms with E-state index < -0.39 is 0 Å². The average Bonchev–Trinajstić information content (AvgIpc) is 2.55. The van der Waals surface area contributed by atoms with E-state index in [1.165, 1.54) is 26.0 Å². The number of ketones is 2. The van der Waals surface area contributed by atoms with E-state index in [-0.39, 0.29) is 17.3 Å². The van der Waals surface area contributed by atoms with Crippen molar-refractivity contribution in [3.8, 4) is 11.5 Å². The molecule has 2 rings (SSSR count). The van der Waals surface area contributed by atoms with Gasteiger partial charge in [-0.15, -0.1) is 0 Å². The van der Waals surface area contributed by atoms with Gasteiger partial charge in [0, 0.05) is 33.6 Å². The molecular weight excluding hydrogens is 320 g/mol. The summed E-state index contributed by atoms with van der Waals surface area (Å²) in [5.41, 5.74) is 14.6. The van der Waals surface area contributed by atoms with E-state index in [2.05, 4.69) is 0 Å². The van der Waals surface area contributed by atoms with E-state index >= 15 is 0 Å². The van der Waals surface area contributed by atoms with Crippen LogP contribution in [-0.4, -0.2) is 23.8 Å². The summed E-state index contributed by atoms with van der Waals surface area (Å²) in [4.78, 5) is 22.1. The van der Waals surface area contributed by atoms with Crippen molar-refractivity contribution >= 4 is 22.9 Å². The first kappa shape index (κ1) is 20.0. The predicted octanol–water partition coefficient (Wildman–Crippen LogP) is 3.27. The number of benzene rings is 2. The Labute approximate surface area is 147 Å². The SMILES string of the molecule is CC(=O)c1ccc(O)c(C)c1N.COc1ccc(C(C)=O)c(N)c1C. The Kier molecular flexibility index (Phi) is 6.56. The third-order valence-corrected chi connectivity index (χ3v) is 3.93. The van der Waals surface area contributed by atoms with Gasteiger partial charge in [-0.25, -0.2) is 0 Å². The molecule has 134 valence electrons. The van der Waals surface area contributed by atoms with Gasteiger partial charge in [-0.3, -0.25) is 9.59 Å². The van der Waals surface area contributed by atoms with Crippen molar-refractivity contribution in [2.75, 3.05) is 18.6 Å². The Balaban J connectivity index is 0.000000251. The molecule has 25 heavy (non-hydrogen) atoms. The van der Waals surface area contributed by atoms with Crippen LogP contribution >= 0.6 is 0 Å². The lowest BCUT2D eigenvalue weighted by molar-refractivity contribution is 0.101. The van der Waals surface area contributed by atoms with Crippen LogP contribution in [0.3, 0.4) is 0 Å². The molecule has 2 aromatic rings. The lowest BCUT2D eigenvalue weighted by Gasteiger charge is -2.09. The molecule has 2 aromatic carbocycles. The van der Waals surface area contributed by atoms with Crippen LogP contribution in [0.15, 0.2) is 24.3 Å². The monoisotopic (exact) mass is 344 g/mol. The number of methoxy groups -OCH3 is 1. The maximum absolute atomic E-state index is 11.1. The first-order chi connectivity index (χ1) is 11.6. The summed E-state index contributed by atoms with van der Waals surface area (Å²) < 4.78 is 5.07. The number of hydrogen-bond acceptors (Lipinski definition) is 6. The zero-order valence-corrected chi connectivity index (χ0v) is 15.1. The van der Waals surface area contributed by atoms with Crippen LogP contribution < -0.4 is 16.2 Å². The molecule has 5 N–H and O–H groups in total. The summed E-state index contributed by atoms with van der Waals surface area (Å²) in [5.74, 6) is 0.721. The molecule has 0 radical (unpaired) electrons. The lowest BCUT2D eigenvalue weighted by atomic mass is 10.0. The highest BCUT2D eigenvalue weighted by molar-refractivity contribution is 6.00. The number of Topliss-reactive ketones (excluding diaryl/α,β-unsaturated/α-hetero) is 2. The Morgan fingerprint density at radius 3 is 1.76 bits per heavy atom. The minimum absolute atomic E-state index is 0.0248. The summed E-state index contributed by atoms with van der Waals surface area (Å²) in [7, 11) is 1.58. The van der Waals surface area contributed by atoms with Crippen LogP contribution in [0.1, 0.15) is 45.7 Å². The highest BCUT2D eigenvalue weighted by atomic mass is 16.5. The highest BCUT2D eigenvalue weighted by Gasteiger charge is 2.10. The molecule has 0 heterocycles. The van der Waals surface area contributed by atoms with Crippen LogP contribution in [-0.2, 0) is 0 Å². The second-order valence-corrected chi connectivity index (χ2v) is 5.64. The van der Waals surface area contributed by atoms with Gasteiger partial charge >= 0.3 is 0 Å². The molecule has 0 aliphatic rings. The zero-order chi connectivity index (χ0) is 19.3. The number of hydrogen-bond donors (Lipinski definition) is 3. The number of nitrogens with two attached hydrogens (primary N) is 2. The summed E-state index contributed by atoms with van der Waals surface area (Å²) in [6, 6.07) is 6.44. The quantitative estimate of drug-likeness (QED) is 0.581. The summed E-state index contributed by atoms with van der Waals surface area (Å²) in [6.45, 7) is 6.46. The van der Waals surface area contributed by atoms with Crippen molar-refractivity contribution in [2.45, 2.75) is 27.7 Å². The smallest absolute Gasteiger partial charge is 0.161 e. The minimum atomic E-state index is -0.0874. The number of carbonyl (C=O) groups excluding carboxylic acids is 2. The molecule has 0 bridgehead atoms. The van der Waals surface area contributed by atoms with Crippen molar-refractivity contribution in [3.63, 3.8) is 0 Å². The number of rotatable bonds is 3. The number of carbonyl (C=O) groups is 2. The first-order valence-electron chi connectivity index (χ1n) is 7.64. The number of ether oxygens (including phenoxy) is 1. The minimum Gasteiger partial charge on any atom is -0.508 e. The molecule has 0 aliphatic carbocycles. The van der Waals surface area contributed by atoms with Gasteiger partial charge in [0.15, 0.2) is 11.6 Å². The number of aromatic hydroxyl groups is 1. The molecule has 0 saturated carbocycles. The average molecular weight is 344 g/mol. The van der Waals surface area contributed by atoms with Crippen molar-refractivity contribution in [1.29, 1.82) is 0 Å². The molecule has 0 unspecified atom stereocenters. The summed E-state index contributed by atoms with van der Waals surface area (Å²) in [5, 5.41) is 9.22. The van der Waals surface area contributed by atoms with Crippen LogP contribution in [0, 0.1) is 13.8 Å². The van der Waals surface area contributed by atoms with E-state index in [0.717, 1.165) is 5.56 Å². The maximum Gasteiger partial charge on any atom is 0.161 e. The summed E-state index contributed by atoms with van der Waals surface area (Å²) in [6.07, 6.45) is 0. The van der Waals surface area contributed by atoms with E-state index in [1.807, 2.05) is 6.92 Å². The molecule has 0 atom stereocenters. The first-order valence-corrected chi connectivity index (χ1v) is 7.64. The third-order valence-electron chi connectivity index (χ3n) is 3.93. The molecule has 0 saturated heterocycles. The van der Waals surface area contributed by atoms with E-state index in [9.17, 15) is 14.7 Å². The van der Waals surface area contributed by atoms with Crippen molar-refractivity contribution < 1.29 is 19.4 Å². The standard InChI is InChI=1S/C10H13NO2.C9H11NO2/c1-6-9(13-3)5-4-8(7(2)12)10(6)11;1-5-8(12)4-3-7(6(2)11)9(5)10/h4-5H,11H2,1-3H3;3-4,12H,10H2,1-2H3. The fourth-order valence-corrected chi connectivity index (χ4v) is 2.26. The zero-order valence-electron chi connectivity index (χ0n) is 15.1. The van der Waals surface area contributed by atoms with Crippen molar-refractivity contribution in [3.05, 3.63) is 46.5 Å². The molecule has 0 aliphatic heterocycles. The van der Waals surface area contributed by atoms with Gasteiger partial charge in [0.1, 0.15) is 11.5 Å². The lowest BCUT2D eigenvalue weighted by Crippen LogP contribution is -2.03. The predicted molar refractivity (Wildman–Crippen MR) is 99.4 cm³/mol. The Bertz CT molecular complexity index is 814. The van der Waals surface area contributed by atoms with E-state index in [1.54, 1.807) is 26.2 Å². The molecule has 0 amide bonds. The fourth-order valence-electron chi connectivity index (χ4n) is 2.26. The van der Waals surface area contributed by atoms with Gasteiger partial charge in [0.05, 0.1) is 7.11 Å². The van der Waals surface area contributed by atoms with Gasteiger partial charge in [-0.2, -0.15) is 0 Å². The summed E-state index contributed by atoms with van der Waals surface area (Å²) >= 11 is 0. The Hall–Kier alpha value is -3.02. The molecule has 0 spiro atoms. The van der Waals surface area contributed by atoms with Gasteiger partial charge in [-0.1, -0.05) is 0 Å². The van der Waals surface area contributed by atoms with Crippen LogP contribution in [0.4, 0.5) is 11.4 Å². The Morgan fingerprint density at radius 1 is 0.880 bits per heavy atom. The Morgan fingerprint density at radius 2 is 1.32 bits per heavy atom. The van der Waals surface area contributed by atoms with Crippen LogP contribution in [0.5, 0.6) is 11.5 Å². The third kappa shape index (κ3) is 4.50. The van der Waals surface area contributed by atoms with Gasteiger partial charge < -0.3 is 21.3 Å². The molecule has 0 fully saturated rings. The molecule has 6 nitrogen and oxygen atoms in total. The largest absolute Gasteiger partial charge is 0.508 e. The van der Waals surface area contributed by atoms with Crippen molar-refractivity contribution in [1.82, 2.24) is 0 Å². The number of phenols is 1. The second-order valence-electron chi connectivity index (χ2n) is 5.64. The van der Waals surface area contributed by atoms with E-state index in [0.29, 0.717) is 33.8 Å². The number of nitrogen functional groups attached to an aromatic ring is 2. The van der Waals surface area contributed by atoms with Crippen LogP contribution in [0.2, 0.25) is 0 Å². The highest BCUT2D eigenvalue weighted by Crippen LogP contribution is 2.27. The van der Waals surface area contributed by atoms with Gasteiger partial charge in [-0.05, 0) is 52.0 Å². The molecule has 0 aromatic heterocycles. The maximum atomic E-state index is 11.1.